The quantitative estimate of drug-likeness (QED) is 0.689. The SMILES string of the molecule is CSCC(=O)OC[C@@H]1C[C@H](F)CN1C(=O)CSC. The number of nitrogens with zero attached hydrogens (tertiary/aromatic N) is 1. The molecule has 0 radical (unpaired) electrons. The number of hydrogen-bond donors (Lipinski definition) is 0. The van der Waals surface area contributed by atoms with Gasteiger partial charge in [0.25, 0.3) is 0 Å². The van der Waals surface area contributed by atoms with Crippen molar-refractivity contribution in [2.45, 2.75) is 18.6 Å². The van der Waals surface area contributed by atoms with Gasteiger partial charge in [-0.3, -0.25) is 9.59 Å². The largest absolute Gasteiger partial charge is 0.463 e. The van der Waals surface area contributed by atoms with Crippen LogP contribution in [0.15, 0.2) is 0 Å². The fourth-order valence-electron chi connectivity index (χ4n) is 1.88. The normalized spacial score (nSPS) is 23.2. The van der Waals surface area contributed by atoms with Crippen LogP contribution in [0.4, 0.5) is 4.39 Å². The summed E-state index contributed by atoms with van der Waals surface area (Å²) in [5.41, 5.74) is 0. The lowest BCUT2D eigenvalue weighted by molar-refractivity contribution is -0.144. The number of likely N-dealkylation sites (tertiary alicyclic amines) is 1. The van der Waals surface area contributed by atoms with Gasteiger partial charge in [0.15, 0.2) is 0 Å². The zero-order valence-electron chi connectivity index (χ0n) is 10.6. The molecule has 1 heterocycles. The van der Waals surface area contributed by atoms with Gasteiger partial charge in [-0.1, -0.05) is 0 Å². The number of halogens is 1. The summed E-state index contributed by atoms with van der Waals surface area (Å²) >= 11 is 2.78. The van der Waals surface area contributed by atoms with E-state index in [1.165, 1.54) is 28.4 Å². The maximum atomic E-state index is 13.4. The second kappa shape index (κ2) is 7.89. The van der Waals surface area contributed by atoms with E-state index in [-0.39, 0.29) is 43.2 Å². The highest BCUT2D eigenvalue weighted by atomic mass is 32.2. The van der Waals surface area contributed by atoms with Crippen molar-refractivity contribution in [1.82, 2.24) is 4.90 Å². The van der Waals surface area contributed by atoms with Crippen LogP contribution in [-0.2, 0) is 14.3 Å². The van der Waals surface area contributed by atoms with Crippen LogP contribution in [0.1, 0.15) is 6.42 Å². The van der Waals surface area contributed by atoms with Crippen LogP contribution in [-0.4, -0.2) is 66.2 Å². The topological polar surface area (TPSA) is 46.6 Å². The lowest BCUT2D eigenvalue weighted by Gasteiger charge is -2.23. The third-order valence-electron chi connectivity index (χ3n) is 2.65. The maximum Gasteiger partial charge on any atom is 0.315 e. The van der Waals surface area contributed by atoms with Crippen molar-refractivity contribution in [3.8, 4) is 0 Å². The Kier molecular flexibility index (Phi) is 6.85. The Bertz CT molecular complexity index is 304. The number of ether oxygens (including phenoxy) is 1. The molecule has 104 valence electrons. The molecule has 0 spiro atoms. The van der Waals surface area contributed by atoms with E-state index in [2.05, 4.69) is 0 Å². The van der Waals surface area contributed by atoms with Crippen LogP contribution in [0, 0.1) is 0 Å². The van der Waals surface area contributed by atoms with Crippen molar-refractivity contribution in [1.29, 1.82) is 0 Å². The minimum absolute atomic E-state index is 0.0893. The maximum absolute atomic E-state index is 13.4. The van der Waals surface area contributed by atoms with Crippen LogP contribution in [0.25, 0.3) is 0 Å². The summed E-state index contributed by atoms with van der Waals surface area (Å²) in [7, 11) is 0. The molecule has 0 bridgehead atoms. The van der Waals surface area contributed by atoms with E-state index in [9.17, 15) is 14.0 Å². The number of carbonyl (C=O) groups is 2. The Hall–Kier alpha value is -0.430. The number of hydrogen-bond acceptors (Lipinski definition) is 5. The van der Waals surface area contributed by atoms with Crippen LogP contribution < -0.4 is 0 Å². The summed E-state index contributed by atoms with van der Waals surface area (Å²) < 4.78 is 18.4. The first-order valence-corrected chi connectivity index (χ1v) is 8.44. The average Bonchev–Trinajstić information content (AvgIpc) is 2.69. The first-order chi connectivity index (χ1) is 8.58. The molecular weight excluding hydrogens is 277 g/mol. The Morgan fingerprint density at radius 3 is 2.61 bits per heavy atom. The van der Waals surface area contributed by atoms with Crippen LogP contribution in [0.2, 0.25) is 0 Å². The lowest BCUT2D eigenvalue weighted by atomic mass is 10.2. The summed E-state index contributed by atoms with van der Waals surface area (Å²) in [5, 5.41) is 0. The summed E-state index contributed by atoms with van der Waals surface area (Å²) in [4.78, 5) is 24.5. The van der Waals surface area contributed by atoms with E-state index in [0.717, 1.165) is 0 Å². The predicted molar refractivity (Wildman–Crippen MR) is 72.7 cm³/mol. The average molecular weight is 295 g/mol. The molecule has 1 fully saturated rings. The molecule has 1 aliphatic heterocycles. The van der Waals surface area contributed by atoms with Gasteiger partial charge in [-0.15, -0.1) is 0 Å². The van der Waals surface area contributed by atoms with Gasteiger partial charge in [-0.2, -0.15) is 23.5 Å². The first kappa shape index (κ1) is 15.6. The zero-order chi connectivity index (χ0) is 13.5. The van der Waals surface area contributed by atoms with E-state index in [1.807, 2.05) is 12.5 Å². The molecule has 7 heteroatoms. The molecule has 2 atom stereocenters. The van der Waals surface area contributed by atoms with Crippen LogP contribution in [0.5, 0.6) is 0 Å². The predicted octanol–water partition coefficient (Wildman–Crippen LogP) is 1.19. The fourth-order valence-corrected chi connectivity index (χ4v) is 2.61. The van der Waals surface area contributed by atoms with Gasteiger partial charge in [0.05, 0.1) is 24.1 Å². The van der Waals surface area contributed by atoms with Crippen molar-refractivity contribution in [3.63, 3.8) is 0 Å². The summed E-state index contributed by atoms with van der Waals surface area (Å²) in [6.45, 7) is 0.212. The van der Waals surface area contributed by atoms with Crippen molar-refractivity contribution in [3.05, 3.63) is 0 Å². The molecule has 0 aromatic carbocycles. The molecule has 0 saturated carbocycles. The highest BCUT2D eigenvalue weighted by Crippen LogP contribution is 2.21. The molecular formula is C11H18FNO3S2. The molecule has 1 saturated heterocycles. The Morgan fingerprint density at radius 1 is 1.33 bits per heavy atom. The fraction of sp³-hybridized carbons (Fsp3) is 0.818. The molecule has 0 aromatic rings. The summed E-state index contributed by atoms with van der Waals surface area (Å²) in [5.74, 6) is 0.211. The smallest absolute Gasteiger partial charge is 0.315 e. The third-order valence-corrected chi connectivity index (χ3v) is 3.71. The van der Waals surface area contributed by atoms with Gasteiger partial charge in [0, 0.05) is 6.42 Å². The zero-order valence-corrected chi connectivity index (χ0v) is 12.2. The number of alkyl halides is 1. The Morgan fingerprint density at radius 2 is 2.00 bits per heavy atom. The summed E-state index contributed by atoms with van der Waals surface area (Å²) in [6, 6.07) is -0.314. The van der Waals surface area contributed by atoms with Crippen molar-refractivity contribution >= 4 is 35.4 Å². The Balaban J connectivity index is 2.46. The molecule has 0 aromatic heterocycles. The van der Waals surface area contributed by atoms with Gasteiger partial charge in [-0.25, -0.2) is 4.39 Å². The van der Waals surface area contributed by atoms with E-state index in [0.29, 0.717) is 5.75 Å². The van der Waals surface area contributed by atoms with E-state index < -0.39 is 6.17 Å². The molecule has 1 rings (SSSR count). The Labute approximate surface area is 115 Å². The minimum Gasteiger partial charge on any atom is -0.463 e. The number of carbonyl (C=O) groups excluding carboxylic acids is 2. The third kappa shape index (κ3) is 4.68. The number of rotatable bonds is 6. The lowest BCUT2D eigenvalue weighted by Crippen LogP contribution is -2.40. The molecule has 1 aliphatic rings. The monoisotopic (exact) mass is 295 g/mol. The van der Waals surface area contributed by atoms with Gasteiger partial charge in [-0.05, 0) is 12.5 Å². The molecule has 0 N–H and O–H groups in total. The molecule has 0 aliphatic carbocycles. The second-order valence-corrected chi connectivity index (χ2v) is 5.81. The standard InChI is InChI=1S/C11H18FNO3S2/c1-17-6-10(14)13-4-8(12)3-9(13)5-16-11(15)7-18-2/h8-9H,3-7H2,1-2H3/t8-,9-/m0/s1. The molecule has 1 amide bonds. The van der Waals surface area contributed by atoms with Gasteiger partial charge in [0.1, 0.15) is 12.8 Å². The van der Waals surface area contributed by atoms with Gasteiger partial charge < -0.3 is 9.64 Å². The van der Waals surface area contributed by atoms with E-state index in [4.69, 9.17) is 4.74 Å². The van der Waals surface area contributed by atoms with Gasteiger partial charge >= 0.3 is 5.97 Å². The second-order valence-electron chi connectivity index (χ2n) is 4.08. The molecule has 18 heavy (non-hydrogen) atoms. The first-order valence-electron chi connectivity index (χ1n) is 5.65. The molecule has 4 nitrogen and oxygen atoms in total. The highest BCUT2D eigenvalue weighted by Gasteiger charge is 2.35. The summed E-state index contributed by atoms with van der Waals surface area (Å²) in [6.07, 6.45) is 2.88. The highest BCUT2D eigenvalue weighted by molar-refractivity contribution is 7.99. The van der Waals surface area contributed by atoms with E-state index in [1.54, 1.807) is 0 Å². The van der Waals surface area contributed by atoms with Crippen molar-refractivity contribution in [2.24, 2.45) is 0 Å². The molecule has 0 unspecified atom stereocenters. The van der Waals surface area contributed by atoms with Crippen LogP contribution >= 0.6 is 23.5 Å². The number of esters is 1. The van der Waals surface area contributed by atoms with Crippen molar-refractivity contribution in [2.75, 3.05) is 37.2 Å². The number of thioether (sulfide) groups is 2. The van der Waals surface area contributed by atoms with E-state index >= 15 is 0 Å². The van der Waals surface area contributed by atoms with Crippen molar-refractivity contribution < 1.29 is 18.7 Å². The minimum atomic E-state index is -1.01. The number of amides is 1. The van der Waals surface area contributed by atoms with Crippen LogP contribution in [0.3, 0.4) is 0 Å². The van der Waals surface area contributed by atoms with Gasteiger partial charge in [0.2, 0.25) is 5.91 Å².